The lowest BCUT2D eigenvalue weighted by Gasteiger charge is -2.32. The van der Waals surface area contributed by atoms with Gasteiger partial charge in [-0.2, -0.15) is 8.42 Å². The van der Waals surface area contributed by atoms with E-state index >= 15 is 0 Å². The lowest BCUT2D eigenvalue weighted by molar-refractivity contribution is 0.112. The molecule has 0 amide bonds. The van der Waals surface area contributed by atoms with Crippen molar-refractivity contribution in [1.82, 2.24) is 0 Å². The summed E-state index contributed by atoms with van der Waals surface area (Å²) in [5.41, 5.74) is 0. The highest BCUT2D eigenvalue weighted by Crippen LogP contribution is 2.34. The maximum Gasteiger partial charge on any atom is 0.264 e. The summed E-state index contributed by atoms with van der Waals surface area (Å²) in [6.07, 6.45) is 1.80. The number of hydrogen-bond acceptors (Lipinski definition) is 5. The zero-order valence-corrected chi connectivity index (χ0v) is 13.7. The molecule has 7 heteroatoms. The van der Waals surface area contributed by atoms with E-state index in [4.69, 9.17) is 4.18 Å². The maximum absolute atomic E-state index is 12.6. The van der Waals surface area contributed by atoms with Crippen LogP contribution < -0.4 is 0 Å². The molecule has 118 valence electrons. The number of rotatable bonds is 4. The third-order valence-electron chi connectivity index (χ3n) is 3.88. The van der Waals surface area contributed by atoms with Gasteiger partial charge >= 0.3 is 0 Å². The molecule has 0 bridgehead atoms. The highest BCUT2D eigenvalue weighted by molar-refractivity contribution is 7.92. The molecule has 0 aliphatic heterocycles. The first kappa shape index (κ1) is 16.5. The van der Waals surface area contributed by atoms with Crippen molar-refractivity contribution in [3.05, 3.63) is 30.3 Å². The Morgan fingerprint density at radius 3 is 2.24 bits per heavy atom. The minimum Gasteiger partial charge on any atom is -0.267 e. The number of sulfone groups is 1. The second-order valence-corrected chi connectivity index (χ2v) is 9.44. The van der Waals surface area contributed by atoms with Crippen LogP contribution in [0.25, 0.3) is 0 Å². The summed E-state index contributed by atoms with van der Waals surface area (Å²) in [6.45, 7) is 1.89. The third-order valence-corrected chi connectivity index (χ3v) is 6.71. The Balaban J connectivity index is 2.22. The summed E-state index contributed by atoms with van der Waals surface area (Å²) in [5.74, 6) is 0.0296. The smallest absolute Gasteiger partial charge is 0.264 e. The van der Waals surface area contributed by atoms with Crippen LogP contribution in [0.5, 0.6) is 0 Å². The van der Waals surface area contributed by atoms with E-state index in [2.05, 4.69) is 0 Å². The van der Waals surface area contributed by atoms with E-state index in [-0.39, 0.29) is 17.2 Å². The lowest BCUT2D eigenvalue weighted by Crippen LogP contribution is -2.38. The van der Waals surface area contributed by atoms with E-state index in [9.17, 15) is 16.8 Å². The minimum absolute atomic E-state index is 0.0296. The molecule has 1 fully saturated rings. The van der Waals surface area contributed by atoms with Crippen LogP contribution in [0.1, 0.15) is 26.2 Å². The van der Waals surface area contributed by atoms with Gasteiger partial charge in [0.2, 0.25) is 0 Å². The molecule has 21 heavy (non-hydrogen) atoms. The molecule has 3 atom stereocenters. The molecular weight excluding hydrogens is 312 g/mol. The van der Waals surface area contributed by atoms with Crippen LogP contribution in [0.3, 0.4) is 0 Å². The minimum atomic E-state index is -3.59. The molecule has 0 N–H and O–H groups in total. The molecule has 2 rings (SSSR count). The van der Waals surface area contributed by atoms with Crippen LogP contribution in [-0.2, 0) is 24.1 Å². The first-order chi connectivity index (χ1) is 9.70. The van der Waals surface area contributed by atoms with Crippen LogP contribution in [-0.4, -0.2) is 34.4 Å². The molecular formula is C14H20O5S2. The van der Waals surface area contributed by atoms with Crippen LogP contribution >= 0.6 is 0 Å². The second-order valence-electron chi connectivity index (χ2n) is 5.61. The van der Waals surface area contributed by atoms with Crippen molar-refractivity contribution < 1.29 is 21.0 Å². The normalized spacial score (nSPS) is 27.4. The van der Waals surface area contributed by atoms with Gasteiger partial charge in [0.25, 0.3) is 10.1 Å². The van der Waals surface area contributed by atoms with Crippen molar-refractivity contribution in [2.75, 3.05) is 6.26 Å². The topological polar surface area (TPSA) is 77.5 Å². The summed E-state index contributed by atoms with van der Waals surface area (Å²) in [6, 6.07) is 8.27. The molecule has 1 aromatic carbocycles. The monoisotopic (exact) mass is 332 g/mol. The Kier molecular flexibility index (Phi) is 4.75. The maximum atomic E-state index is 12.6. The molecule has 1 aromatic rings. The van der Waals surface area contributed by atoms with Gasteiger partial charge < -0.3 is 0 Å². The van der Waals surface area contributed by atoms with Crippen LogP contribution in [0, 0.1) is 5.92 Å². The van der Waals surface area contributed by atoms with Gasteiger partial charge in [0.05, 0.1) is 22.5 Å². The van der Waals surface area contributed by atoms with Crippen molar-refractivity contribution in [3.63, 3.8) is 0 Å². The van der Waals surface area contributed by atoms with E-state index in [1.54, 1.807) is 30.3 Å². The highest BCUT2D eigenvalue weighted by atomic mass is 32.2. The van der Waals surface area contributed by atoms with Gasteiger partial charge in [0.15, 0.2) is 9.84 Å². The second kappa shape index (κ2) is 6.06. The lowest BCUT2D eigenvalue weighted by atomic mass is 9.88. The van der Waals surface area contributed by atoms with Gasteiger partial charge in [0.1, 0.15) is 0 Å². The molecule has 0 radical (unpaired) electrons. The van der Waals surface area contributed by atoms with Crippen LogP contribution in [0.4, 0.5) is 0 Å². The fraction of sp³-hybridized carbons (Fsp3) is 0.571. The first-order valence-electron chi connectivity index (χ1n) is 6.87. The van der Waals surface area contributed by atoms with Gasteiger partial charge in [-0.1, -0.05) is 25.1 Å². The molecule has 0 aromatic heterocycles. The highest BCUT2D eigenvalue weighted by Gasteiger charge is 2.37. The molecule has 0 saturated heterocycles. The Morgan fingerprint density at radius 1 is 1.05 bits per heavy atom. The quantitative estimate of drug-likeness (QED) is 0.788. The van der Waals surface area contributed by atoms with E-state index in [0.717, 1.165) is 6.26 Å². The van der Waals surface area contributed by atoms with Gasteiger partial charge in [-0.3, -0.25) is 4.18 Å². The molecule has 1 aliphatic rings. The summed E-state index contributed by atoms with van der Waals surface area (Å²) in [4.78, 5) is 0.280. The zero-order valence-electron chi connectivity index (χ0n) is 12.1. The Hall–Kier alpha value is -0.920. The summed E-state index contributed by atoms with van der Waals surface area (Å²) >= 11 is 0. The predicted octanol–water partition coefficient (Wildman–Crippen LogP) is 1.99. The summed E-state index contributed by atoms with van der Waals surface area (Å²) in [5, 5.41) is -0.595. The zero-order chi connectivity index (χ0) is 15.7. The fourth-order valence-corrected chi connectivity index (χ4v) is 5.22. The summed E-state index contributed by atoms with van der Waals surface area (Å²) in [7, 11) is -7.03. The molecule has 0 unspecified atom stereocenters. The molecule has 5 nitrogen and oxygen atoms in total. The third kappa shape index (κ3) is 4.05. The van der Waals surface area contributed by atoms with Crippen LogP contribution in [0.15, 0.2) is 35.2 Å². The standard InChI is InChI=1S/C14H20O5S2/c1-11-8-9-13(10-14(11)19-20(2,15)16)21(17,18)12-6-4-3-5-7-12/h3-7,11,13-14H,8-10H2,1-2H3/t11-,13+,14-/m1/s1. The molecule has 0 spiro atoms. The van der Waals surface area contributed by atoms with E-state index in [0.29, 0.717) is 12.8 Å². The van der Waals surface area contributed by atoms with Gasteiger partial charge in [-0.05, 0) is 37.3 Å². The number of hydrogen-bond donors (Lipinski definition) is 0. The Labute approximate surface area is 126 Å². The fourth-order valence-electron chi connectivity index (χ4n) is 2.69. The van der Waals surface area contributed by atoms with Crippen molar-refractivity contribution in [3.8, 4) is 0 Å². The van der Waals surface area contributed by atoms with Crippen molar-refractivity contribution >= 4 is 20.0 Å². The molecule has 0 heterocycles. The largest absolute Gasteiger partial charge is 0.267 e. The van der Waals surface area contributed by atoms with Crippen molar-refractivity contribution in [1.29, 1.82) is 0 Å². The van der Waals surface area contributed by atoms with Gasteiger partial charge in [-0.15, -0.1) is 0 Å². The summed E-state index contributed by atoms with van der Waals surface area (Å²) < 4.78 is 52.9. The van der Waals surface area contributed by atoms with Gasteiger partial charge in [-0.25, -0.2) is 8.42 Å². The average Bonchev–Trinajstić information content (AvgIpc) is 2.40. The van der Waals surface area contributed by atoms with E-state index in [1.807, 2.05) is 6.92 Å². The Bertz CT molecular complexity index is 679. The Morgan fingerprint density at radius 2 is 1.67 bits per heavy atom. The van der Waals surface area contributed by atoms with Crippen LogP contribution in [0.2, 0.25) is 0 Å². The van der Waals surface area contributed by atoms with E-state index in [1.165, 1.54) is 0 Å². The first-order valence-corrected chi connectivity index (χ1v) is 10.2. The average molecular weight is 332 g/mol. The van der Waals surface area contributed by atoms with Crippen molar-refractivity contribution in [2.45, 2.75) is 42.4 Å². The molecule has 1 aliphatic carbocycles. The predicted molar refractivity (Wildman–Crippen MR) is 80.1 cm³/mol. The van der Waals surface area contributed by atoms with Crippen molar-refractivity contribution in [2.24, 2.45) is 5.92 Å². The van der Waals surface area contributed by atoms with Gasteiger partial charge in [0, 0.05) is 0 Å². The van der Waals surface area contributed by atoms with E-state index < -0.39 is 31.3 Å². The SMILES string of the molecule is C[C@@H]1CC[C@H](S(=O)(=O)c2ccccc2)C[C@H]1OS(C)(=O)=O. The number of benzene rings is 1. The molecule has 1 saturated carbocycles.